The van der Waals surface area contributed by atoms with Gasteiger partial charge in [0.05, 0.1) is 0 Å². The van der Waals surface area contributed by atoms with Crippen molar-refractivity contribution in [3.63, 3.8) is 0 Å². The first kappa shape index (κ1) is 17.3. The third-order valence-electron chi connectivity index (χ3n) is 0.553. The van der Waals surface area contributed by atoms with E-state index in [1.165, 1.54) is 0 Å². The number of hydrogen-bond acceptors (Lipinski definition) is 2. The van der Waals surface area contributed by atoms with Gasteiger partial charge < -0.3 is 24.8 Å². The van der Waals surface area contributed by atoms with E-state index in [-0.39, 0.29) is 44.6 Å². The van der Waals surface area contributed by atoms with Gasteiger partial charge in [-0.2, -0.15) is 0 Å². The maximum absolute atomic E-state index is 5.30. The molecule has 0 saturated carbocycles. The monoisotopic (exact) mass is 221 g/mol. The fraction of sp³-hybridized carbons (Fsp3) is 1.00. The topological polar surface area (TPSA) is 12.5 Å². The molecule has 0 radical (unpaired) electrons. The fourth-order valence-electron chi connectivity index (χ4n) is 0.277. The zero-order valence-corrected chi connectivity index (χ0v) is 9.60. The van der Waals surface area contributed by atoms with E-state index in [0.29, 0.717) is 0 Å². The average Bonchev–Trinajstić information content (AvgIpc) is 1.66. The van der Waals surface area contributed by atoms with E-state index >= 15 is 0 Å². The molecule has 0 aromatic carbocycles. The van der Waals surface area contributed by atoms with Crippen molar-refractivity contribution in [2.24, 2.45) is 0 Å². The fourth-order valence-corrected chi connectivity index (χ4v) is 1.14. The first-order valence-corrected chi connectivity index (χ1v) is 4.15. The van der Waals surface area contributed by atoms with Crippen LogP contribution in [0.15, 0.2) is 0 Å². The van der Waals surface area contributed by atoms with Crippen molar-refractivity contribution in [2.75, 3.05) is 20.7 Å². The van der Waals surface area contributed by atoms with Crippen molar-refractivity contribution in [2.45, 2.75) is 13.3 Å². The van der Waals surface area contributed by atoms with E-state index in [0.717, 1.165) is 13.0 Å². The molecule has 0 rings (SSSR count). The first-order chi connectivity index (χ1) is 3.77. The average molecular weight is 222 g/mol. The Hall–Kier alpha value is 1.21. The maximum Gasteiger partial charge on any atom is -1.00 e. The summed E-state index contributed by atoms with van der Waals surface area (Å²) in [5.41, 5.74) is 0. The molecule has 0 saturated heterocycles. The van der Waals surface area contributed by atoms with Gasteiger partial charge in [-0.05, 0) is 0 Å². The molecule has 62 valence electrons. The van der Waals surface area contributed by atoms with Gasteiger partial charge in [-0.1, -0.05) is 0 Å². The van der Waals surface area contributed by atoms with Gasteiger partial charge in [-0.25, -0.2) is 0 Å². The molecule has 0 aliphatic rings. The van der Waals surface area contributed by atoms with Gasteiger partial charge in [-0.3, -0.25) is 0 Å². The van der Waals surface area contributed by atoms with Crippen LogP contribution in [-0.2, 0) is 23.1 Å². The van der Waals surface area contributed by atoms with Crippen LogP contribution in [0.1, 0.15) is 13.3 Å². The normalized spacial score (nSPS) is 7.60. The first-order valence-electron chi connectivity index (χ1n) is 2.82. The second kappa shape index (κ2) is 12.9. The molecule has 10 heavy (non-hydrogen) atoms. The number of halogens is 2. The van der Waals surface area contributed by atoms with Gasteiger partial charge in [0.25, 0.3) is 0 Å². The predicted molar refractivity (Wildman–Crippen MR) is 29.9 cm³/mol. The molecule has 0 spiro atoms. The Kier molecular flexibility index (Phi) is 22.3. The standard InChI is InChI=1S/C3H7O.C2H6N.2ClH.Ti/c1-2-3-4;1-3-2;;;/h2-3H2,1H3;1-2H3;2*1H;/q2*-1;;;+4/p-2. The summed E-state index contributed by atoms with van der Waals surface area (Å²) in [6, 6.07) is 0. The van der Waals surface area contributed by atoms with E-state index in [1.54, 1.807) is 0 Å². The predicted octanol–water partition coefficient (Wildman–Crippen LogP) is -5.10. The van der Waals surface area contributed by atoms with E-state index in [2.05, 4.69) is 24.4 Å². The van der Waals surface area contributed by atoms with Crippen LogP contribution >= 0.6 is 0 Å². The molecule has 0 bridgehead atoms. The Bertz CT molecular complexity index is 56.9. The van der Waals surface area contributed by atoms with Crippen molar-refractivity contribution in [3.8, 4) is 0 Å². The summed E-state index contributed by atoms with van der Waals surface area (Å²) in [6.07, 6.45) is 1.14. The van der Waals surface area contributed by atoms with E-state index < -0.39 is 0 Å². The maximum atomic E-state index is 5.30. The van der Waals surface area contributed by atoms with Crippen LogP contribution in [0.5, 0.6) is 0 Å². The van der Waals surface area contributed by atoms with Crippen molar-refractivity contribution < 1.29 is 47.9 Å². The van der Waals surface area contributed by atoms with Crippen molar-refractivity contribution in [3.05, 3.63) is 0 Å². The molecule has 0 unspecified atom stereocenters. The number of hydrogen-bond donors (Lipinski definition) is 0. The summed E-state index contributed by atoms with van der Waals surface area (Å²) in [5.74, 6) is 0. The van der Waals surface area contributed by atoms with Gasteiger partial charge in [0.15, 0.2) is 0 Å². The smallest absolute Gasteiger partial charge is 1.00 e. The van der Waals surface area contributed by atoms with Crippen LogP contribution in [-0.4, -0.2) is 24.1 Å². The van der Waals surface area contributed by atoms with Crippen molar-refractivity contribution in [1.82, 2.24) is 3.38 Å². The minimum Gasteiger partial charge on any atom is -1.00 e. The van der Waals surface area contributed by atoms with Gasteiger partial charge in [0.2, 0.25) is 0 Å². The quantitative estimate of drug-likeness (QED) is 0.348. The minimum atomic E-state index is -0.224. The molecule has 0 heterocycles. The van der Waals surface area contributed by atoms with E-state index in [1.807, 2.05) is 0 Å². The molecule has 0 aliphatic carbocycles. The van der Waals surface area contributed by atoms with Gasteiger partial charge >= 0.3 is 60.5 Å². The minimum absolute atomic E-state index is 0. The summed E-state index contributed by atoms with van der Waals surface area (Å²) in [6.45, 7) is 3.06. The van der Waals surface area contributed by atoms with Crippen LogP contribution in [0.3, 0.4) is 0 Å². The zero-order valence-electron chi connectivity index (χ0n) is 6.53. The van der Waals surface area contributed by atoms with Crippen LogP contribution in [0.4, 0.5) is 0 Å². The molecular weight excluding hydrogens is 209 g/mol. The summed E-state index contributed by atoms with van der Waals surface area (Å²) >= 11 is -0.224. The molecule has 5 heteroatoms. The number of nitrogens with zero attached hydrogens (tertiary/aromatic N) is 1. The van der Waals surface area contributed by atoms with Gasteiger partial charge in [0, 0.05) is 0 Å². The Labute approximate surface area is 85.2 Å². The van der Waals surface area contributed by atoms with Crippen LogP contribution < -0.4 is 24.8 Å². The summed E-state index contributed by atoms with van der Waals surface area (Å²) < 4.78 is 7.43. The van der Waals surface area contributed by atoms with E-state index in [4.69, 9.17) is 3.32 Å². The zero-order chi connectivity index (χ0) is 6.41. The molecular formula is C5H13Cl2NOTi. The Morgan fingerprint density at radius 3 is 2.10 bits per heavy atom. The molecule has 0 N–H and O–H groups in total. The molecule has 0 amide bonds. The number of rotatable bonds is 4. The van der Waals surface area contributed by atoms with Crippen LogP contribution in [0.2, 0.25) is 0 Å². The summed E-state index contributed by atoms with van der Waals surface area (Å²) in [4.78, 5) is 0. The molecule has 0 fully saturated rings. The summed E-state index contributed by atoms with van der Waals surface area (Å²) in [7, 11) is 4.10. The second-order valence-electron chi connectivity index (χ2n) is 1.83. The van der Waals surface area contributed by atoms with Crippen molar-refractivity contribution in [1.29, 1.82) is 0 Å². The third kappa shape index (κ3) is 16.1. The second-order valence-corrected chi connectivity index (χ2v) is 3.97. The largest absolute Gasteiger partial charge is 1.00 e. The van der Waals surface area contributed by atoms with Gasteiger partial charge in [0.1, 0.15) is 0 Å². The molecule has 0 aromatic rings. The van der Waals surface area contributed by atoms with Crippen molar-refractivity contribution >= 4 is 0 Å². The Balaban J connectivity index is -0.000000245. The molecule has 0 aromatic heterocycles. The molecule has 2 nitrogen and oxygen atoms in total. The van der Waals surface area contributed by atoms with Crippen LogP contribution in [0, 0.1) is 0 Å². The van der Waals surface area contributed by atoms with Gasteiger partial charge in [-0.15, -0.1) is 0 Å². The Morgan fingerprint density at radius 2 is 1.80 bits per heavy atom. The summed E-state index contributed by atoms with van der Waals surface area (Å²) in [5, 5.41) is 0. The van der Waals surface area contributed by atoms with E-state index in [9.17, 15) is 0 Å². The molecule has 0 aliphatic heterocycles. The SMILES string of the molecule is CCC[O][Ti+2][N](C)C.[Cl-].[Cl-]. The third-order valence-corrected chi connectivity index (χ3v) is 1.64. The molecule has 0 atom stereocenters. The Morgan fingerprint density at radius 1 is 1.30 bits per heavy atom. The van der Waals surface area contributed by atoms with Crippen LogP contribution in [0.25, 0.3) is 0 Å².